The van der Waals surface area contributed by atoms with E-state index in [0.29, 0.717) is 25.4 Å². The van der Waals surface area contributed by atoms with Crippen LogP contribution in [0.4, 0.5) is 13.2 Å². The number of carbonyl (C=O) groups is 2. The van der Waals surface area contributed by atoms with Crippen molar-refractivity contribution in [1.29, 1.82) is 0 Å². The number of hydrogen-bond acceptors (Lipinski definition) is 5. The number of aromatic nitrogens is 3. The predicted octanol–water partition coefficient (Wildman–Crippen LogP) is 1.60. The van der Waals surface area contributed by atoms with E-state index in [0.717, 1.165) is 11.0 Å². The molecule has 0 aromatic carbocycles. The van der Waals surface area contributed by atoms with Gasteiger partial charge in [0.05, 0.1) is 6.54 Å². The molecule has 0 saturated carbocycles. The molecule has 2 atom stereocenters. The highest BCUT2D eigenvalue weighted by Gasteiger charge is 2.40. The van der Waals surface area contributed by atoms with Crippen LogP contribution in [0.5, 0.6) is 0 Å². The smallest absolute Gasteiger partial charge is 0.341 e. The Bertz CT molecular complexity index is 740. The number of nitrogens with zero attached hydrogens (tertiary/aromatic N) is 5. The third kappa shape index (κ3) is 4.75. The Kier molecular flexibility index (Phi) is 6.47. The Morgan fingerprint density at radius 1 is 1.36 bits per heavy atom. The van der Waals surface area contributed by atoms with Crippen molar-refractivity contribution < 1.29 is 22.8 Å². The van der Waals surface area contributed by atoms with E-state index >= 15 is 0 Å². The van der Waals surface area contributed by atoms with Crippen LogP contribution in [0.1, 0.15) is 37.8 Å². The van der Waals surface area contributed by atoms with Crippen LogP contribution in [0.15, 0.2) is 0 Å². The molecule has 1 fully saturated rings. The van der Waals surface area contributed by atoms with E-state index < -0.39 is 12.0 Å². The summed E-state index contributed by atoms with van der Waals surface area (Å²) in [5, 5.41) is 6.82. The Morgan fingerprint density at radius 2 is 2.11 bits per heavy atom. The van der Waals surface area contributed by atoms with Crippen molar-refractivity contribution >= 4 is 34.7 Å². The zero-order chi connectivity index (χ0) is 20.5. The molecule has 3 heterocycles. The maximum absolute atomic E-state index is 12.9. The average molecular weight is 514 g/mol. The highest BCUT2D eigenvalue weighted by atomic mass is 127. The SMILES string of the molecule is C[C@H]1CCC(=O)N(C[C@H](CC(=O)N2CCn3c(nnc3C(F)(F)F)C2)NI)C1. The molecule has 2 aliphatic heterocycles. The number of nitrogens with one attached hydrogen (secondary N) is 1. The quantitative estimate of drug-likeness (QED) is 0.477. The molecule has 8 nitrogen and oxygen atoms in total. The summed E-state index contributed by atoms with van der Waals surface area (Å²) < 4.78 is 42.8. The van der Waals surface area contributed by atoms with Crippen molar-refractivity contribution in [3.63, 3.8) is 0 Å². The summed E-state index contributed by atoms with van der Waals surface area (Å²) in [5.74, 6) is -0.563. The number of rotatable bonds is 5. The first-order chi connectivity index (χ1) is 13.2. The number of hydrogen-bond donors (Lipinski definition) is 1. The van der Waals surface area contributed by atoms with Gasteiger partial charge >= 0.3 is 6.18 Å². The molecular formula is C16H22F3IN6O2. The molecule has 1 saturated heterocycles. The summed E-state index contributed by atoms with van der Waals surface area (Å²) in [4.78, 5) is 28.0. The molecule has 1 aromatic rings. The molecule has 1 N–H and O–H groups in total. The van der Waals surface area contributed by atoms with Crippen molar-refractivity contribution in [1.82, 2.24) is 28.1 Å². The van der Waals surface area contributed by atoms with Crippen LogP contribution in [-0.2, 0) is 28.9 Å². The Morgan fingerprint density at radius 3 is 2.79 bits per heavy atom. The third-order valence-corrected chi connectivity index (χ3v) is 5.99. The molecule has 12 heteroatoms. The summed E-state index contributed by atoms with van der Waals surface area (Å²) in [5.41, 5.74) is 0. The fourth-order valence-corrected chi connectivity index (χ4v) is 4.01. The van der Waals surface area contributed by atoms with Gasteiger partial charge in [-0.15, -0.1) is 10.2 Å². The van der Waals surface area contributed by atoms with Crippen LogP contribution < -0.4 is 3.53 Å². The molecule has 28 heavy (non-hydrogen) atoms. The van der Waals surface area contributed by atoms with Gasteiger partial charge < -0.3 is 14.4 Å². The highest BCUT2D eigenvalue weighted by molar-refractivity contribution is 14.1. The first-order valence-electron chi connectivity index (χ1n) is 9.10. The van der Waals surface area contributed by atoms with Crippen LogP contribution in [0.25, 0.3) is 0 Å². The van der Waals surface area contributed by atoms with E-state index in [2.05, 4.69) is 20.7 Å². The van der Waals surface area contributed by atoms with E-state index in [1.165, 1.54) is 4.90 Å². The van der Waals surface area contributed by atoms with E-state index in [9.17, 15) is 22.8 Å². The van der Waals surface area contributed by atoms with Gasteiger partial charge in [0.1, 0.15) is 0 Å². The minimum absolute atomic E-state index is 0.00441. The fourth-order valence-electron chi connectivity index (χ4n) is 3.60. The van der Waals surface area contributed by atoms with Gasteiger partial charge in [-0.1, -0.05) is 6.92 Å². The maximum Gasteiger partial charge on any atom is 0.451 e. The topological polar surface area (TPSA) is 83.4 Å². The maximum atomic E-state index is 12.9. The molecule has 1 aromatic heterocycles. The average Bonchev–Trinajstić information content (AvgIpc) is 3.07. The molecule has 0 spiro atoms. The number of carbonyl (C=O) groups excluding carboxylic acids is 2. The van der Waals surface area contributed by atoms with Gasteiger partial charge in [0.25, 0.3) is 0 Å². The minimum Gasteiger partial charge on any atom is -0.341 e. The highest BCUT2D eigenvalue weighted by Crippen LogP contribution is 2.29. The van der Waals surface area contributed by atoms with Crippen molar-refractivity contribution in [2.24, 2.45) is 5.92 Å². The zero-order valence-corrected chi connectivity index (χ0v) is 17.5. The molecule has 0 unspecified atom stereocenters. The predicted molar refractivity (Wildman–Crippen MR) is 101 cm³/mol. The van der Waals surface area contributed by atoms with Crippen LogP contribution >= 0.6 is 22.9 Å². The van der Waals surface area contributed by atoms with E-state index in [-0.39, 0.29) is 49.7 Å². The van der Waals surface area contributed by atoms with Gasteiger partial charge in [0.15, 0.2) is 5.82 Å². The second-order valence-corrected chi connectivity index (χ2v) is 7.98. The Balaban J connectivity index is 1.59. The largest absolute Gasteiger partial charge is 0.451 e. The van der Waals surface area contributed by atoms with E-state index in [1.807, 2.05) is 22.9 Å². The summed E-state index contributed by atoms with van der Waals surface area (Å²) in [6.07, 6.45) is -3.01. The summed E-state index contributed by atoms with van der Waals surface area (Å²) in [6.45, 7) is 3.37. The van der Waals surface area contributed by atoms with Gasteiger partial charge in [-0.25, -0.2) is 0 Å². The number of halogens is 4. The van der Waals surface area contributed by atoms with Crippen molar-refractivity contribution in [3.8, 4) is 0 Å². The standard InChI is InChI=1S/C16H22F3IN6O2/c1-10-2-3-13(27)25(7-10)8-11(21-20)6-14(28)24-4-5-26-12(9-24)22-23-15(26)16(17,18)19/h10-11,21H,2-9H2,1H3/t10-,11-/m0/s1. The first-order valence-corrected chi connectivity index (χ1v) is 10.2. The minimum atomic E-state index is -4.56. The molecule has 3 rings (SSSR count). The van der Waals surface area contributed by atoms with Crippen molar-refractivity contribution in [3.05, 3.63) is 11.6 Å². The number of amides is 2. The monoisotopic (exact) mass is 514 g/mol. The lowest BCUT2D eigenvalue weighted by atomic mass is 9.99. The Labute approximate surface area is 174 Å². The molecule has 0 aliphatic carbocycles. The number of alkyl halides is 3. The normalized spacial score (nSPS) is 21.6. The van der Waals surface area contributed by atoms with Crippen LogP contribution in [0.3, 0.4) is 0 Å². The van der Waals surface area contributed by atoms with Crippen molar-refractivity contribution in [2.75, 3.05) is 19.6 Å². The number of piperidine rings is 1. The second kappa shape index (κ2) is 8.51. The van der Waals surface area contributed by atoms with Gasteiger partial charge in [0.2, 0.25) is 17.6 Å². The van der Waals surface area contributed by atoms with Gasteiger partial charge in [0, 0.05) is 67.9 Å². The Hall–Kier alpha value is -1.44. The molecule has 0 radical (unpaired) electrons. The first kappa shape index (κ1) is 21.3. The van der Waals surface area contributed by atoms with Crippen LogP contribution in [-0.4, -0.2) is 62.1 Å². The molecule has 2 aliphatic rings. The lowest BCUT2D eigenvalue weighted by Crippen LogP contribution is -2.48. The van der Waals surface area contributed by atoms with Gasteiger partial charge in [-0.05, 0) is 12.3 Å². The molecule has 2 amide bonds. The molecular weight excluding hydrogens is 492 g/mol. The third-order valence-electron chi connectivity index (χ3n) is 5.11. The van der Waals surface area contributed by atoms with E-state index in [4.69, 9.17) is 0 Å². The lowest BCUT2D eigenvalue weighted by molar-refractivity contribution is -0.148. The van der Waals surface area contributed by atoms with Crippen molar-refractivity contribution in [2.45, 2.75) is 51.5 Å². The van der Waals surface area contributed by atoms with Crippen LogP contribution in [0.2, 0.25) is 0 Å². The summed E-state index contributed by atoms with van der Waals surface area (Å²) in [6, 6.07) is -0.229. The molecule has 156 valence electrons. The second-order valence-electron chi connectivity index (χ2n) is 7.36. The van der Waals surface area contributed by atoms with Gasteiger partial charge in [-0.3, -0.25) is 13.1 Å². The molecule has 0 bridgehead atoms. The lowest BCUT2D eigenvalue weighted by Gasteiger charge is -2.34. The van der Waals surface area contributed by atoms with E-state index in [1.54, 1.807) is 4.90 Å². The number of fused-ring (bicyclic) bond motifs is 1. The van der Waals surface area contributed by atoms with Gasteiger partial charge in [-0.2, -0.15) is 13.2 Å². The zero-order valence-electron chi connectivity index (χ0n) is 15.4. The van der Waals surface area contributed by atoms with Crippen LogP contribution in [0, 0.1) is 5.92 Å². The summed E-state index contributed by atoms with van der Waals surface area (Å²) in [7, 11) is 0. The fraction of sp³-hybridized carbons (Fsp3) is 0.750. The number of likely N-dealkylation sites (tertiary alicyclic amines) is 1. The summed E-state index contributed by atoms with van der Waals surface area (Å²) >= 11 is 1.96.